The highest BCUT2D eigenvalue weighted by molar-refractivity contribution is 5.92. The molecule has 0 spiro atoms. The van der Waals surface area contributed by atoms with E-state index in [-0.39, 0.29) is 11.6 Å². The summed E-state index contributed by atoms with van der Waals surface area (Å²) in [6.07, 6.45) is 2.51. The largest absolute Gasteiger partial charge is 0.493 e. The number of anilines is 2. The average molecular weight is 517 g/mol. The van der Waals surface area contributed by atoms with Gasteiger partial charge >= 0.3 is 0 Å². The van der Waals surface area contributed by atoms with Gasteiger partial charge in [-0.15, -0.1) is 0 Å². The molecule has 1 saturated heterocycles. The number of rotatable bonds is 9. The van der Waals surface area contributed by atoms with E-state index in [0.29, 0.717) is 23.2 Å². The van der Waals surface area contributed by atoms with Crippen LogP contribution in [0.3, 0.4) is 0 Å². The Morgan fingerprint density at radius 3 is 2.74 bits per heavy atom. The van der Waals surface area contributed by atoms with Gasteiger partial charge < -0.3 is 29.4 Å². The maximum atomic E-state index is 12.0. The summed E-state index contributed by atoms with van der Waals surface area (Å²) in [5.41, 5.74) is 4.15. The molecule has 1 fully saturated rings. The molecule has 0 radical (unpaired) electrons. The van der Waals surface area contributed by atoms with Crippen LogP contribution >= 0.6 is 0 Å². The molecule has 38 heavy (non-hydrogen) atoms. The van der Waals surface area contributed by atoms with E-state index in [2.05, 4.69) is 38.7 Å². The van der Waals surface area contributed by atoms with E-state index in [4.69, 9.17) is 19.2 Å². The molecular formula is C28H32N6O4. The summed E-state index contributed by atoms with van der Waals surface area (Å²) < 4.78 is 19.1. The zero-order valence-electron chi connectivity index (χ0n) is 21.9. The Balaban J connectivity index is 1.35. The number of carbonyl (C=O) groups is 1. The van der Waals surface area contributed by atoms with Gasteiger partial charge in [0, 0.05) is 63.8 Å². The van der Waals surface area contributed by atoms with Gasteiger partial charge in [0.15, 0.2) is 11.5 Å². The standard InChI is InChI=1S/C28H32N6O4/c1-29-27(35)23-16-21(7-9-30-23)38-26-17-22-24(18-25(26)36-3)33(2)28(32-22)31-20-6-4-5-19(15-20)8-10-34-11-13-37-14-12-34/h4-7,9,15-18H,8,10-14H2,1-3H3,(H,29,35)(H,31,32). The van der Waals surface area contributed by atoms with Crippen molar-refractivity contribution >= 4 is 28.6 Å². The number of imidazole rings is 1. The summed E-state index contributed by atoms with van der Waals surface area (Å²) in [5, 5.41) is 6.02. The van der Waals surface area contributed by atoms with E-state index >= 15 is 0 Å². The summed E-state index contributed by atoms with van der Waals surface area (Å²) in [4.78, 5) is 23.3. The first-order valence-electron chi connectivity index (χ1n) is 12.6. The number of aromatic nitrogens is 3. The third kappa shape index (κ3) is 5.71. The summed E-state index contributed by atoms with van der Waals surface area (Å²) in [6.45, 7) is 4.62. The van der Waals surface area contributed by atoms with Gasteiger partial charge in [-0.2, -0.15) is 0 Å². The predicted molar refractivity (Wildman–Crippen MR) is 146 cm³/mol. The lowest BCUT2D eigenvalue weighted by molar-refractivity contribution is 0.0384. The Kier molecular flexibility index (Phi) is 7.71. The van der Waals surface area contributed by atoms with Crippen molar-refractivity contribution in [2.24, 2.45) is 7.05 Å². The van der Waals surface area contributed by atoms with Crippen molar-refractivity contribution in [3.8, 4) is 17.2 Å². The molecular weight excluding hydrogens is 484 g/mol. The number of hydrogen-bond donors (Lipinski definition) is 2. The second-order valence-corrected chi connectivity index (χ2v) is 9.07. The number of amides is 1. The van der Waals surface area contributed by atoms with Gasteiger partial charge in [-0.05, 0) is 30.2 Å². The molecule has 10 heteroatoms. The number of benzene rings is 2. The minimum Gasteiger partial charge on any atom is -0.493 e. The molecule has 1 amide bonds. The molecule has 0 bridgehead atoms. The summed E-state index contributed by atoms with van der Waals surface area (Å²) >= 11 is 0. The Morgan fingerprint density at radius 2 is 1.95 bits per heavy atom. The van der Waals surface area contributed by atoms with Crippen LogP contribution in [0.2, 0.25) is 0 Å². The summed E-state index contributed by atoms with van der Waals surface area (Å²) in [5.74, 6) is 1.93. The van der Waals surface area contributed by atoms with E-state index in [9.17, 15) is 4.79 Å². The molecule has 5 rings (SSSR count). The summed E-state index contributed by atoms with van der Waals surface area (Å²) in [6, 6.07) is 15.4. The lowest BCUT2D eigenvalue weighted by atomic mass is 10.1. The molecule has 2 N–H and O–H groups in total. The van der Waals surface area contributed by atoms with Gasteiger partial charge in [0.05, 0.1) is 31.4 Å². The van der Waals surface area contributed by atoms with Gasteiger partial charge in [0.25, 0.3) is 5.91 Å². The Morgan fingerprint density at radius 1 is 1.11 bits per heavy atom. The molecule has 0 aliphatic carbocycles. The molecule has 2 aromatic heterocycles. The van der Waals surface area contributed by atoms with Crippen molar-refractivity contribution in [1.82, 2.24) is 24.8 Å². The fourth-order valence-corrected chi connectivity index (χ4v) is 4.45. The number of morpholine rings is 1. The number of fused-ring (bicyclic) bond motifs is 1. The maximum Gasteiger partial charge on any atom is 0.269 e. The molecule has 0 saturated carbocycles. The van der Waals surface area contributed by atoms with Crippen molar-refractivity contribution in [3.63, 3.8) is 0 Å². The van der Waals surface area contributed by atoms with Crippen molar-refractivity contribution < 1.29 is 19.0 Å². The molecule has 198 valence electrons. The van der Waals surface area contributed by atoms with Crippen LogP contribution in [0.1, 0.15) is 16.1 Å². The van der Waals surface area contributed by atoms with Crippen LogP contribution in [0.25, 0.3) is 11.0 Å². The Bertz CT molecular complexity index is 1430. The van der Waals surface area contributed by atoms with Crippen LogP contribution < -0.4 is 20.1 Å². The van der Waals surface area contributed by atoms with Crippen molar-refractivity contribution in [3.05, 3.63) is 66.0 Å². The first kappa shape index (κ1) is 25.5. The van der Waals surface area contributed by atoms with Gasteiger partial charge in [0.2, 0.25) is 5.95 Å². The van der Waals surface area contributed by atoms with E-state index < -0.39 is 0 Å². The zero-order chi connectivity index (χ0) is 26.5. The van der Waals surface area contributed by atoms with E-state index in [1.807, 2.05) is 29.8 Å². The Hall–Kier alpha value is -4.15. The minimum atomic E-state index is -0.288. The molecule has 0 atom stereocenters. The van der Waals surface area contributed by atoms with E-state index in [0.717, 1.165) is 56.0 Å². The number of aryl methyl sites for hydroxylation is 1. The molecule has 2 aromatic carbocycles. The number of carbonyl (C=O) groups excluding carboxylic acids is 1. The van der Waals surface area contributed by atoms with Gasteiger partial charge in [-0.25, -0.2) is 4.98 Å². The summed E-state index contributed by atoms with van der Waals surface area (Å²) in [7, 11) is 5.11. The number of ether oxygens (including phenoxy) is 3. The van der Waals surface area contributed by atoms with Crippen LogP contribution in [0.15, 0.2) is 54.7 Å². The topological polar surface area (TPSA) is 103 Å². The van der Waals surface area contributed by atoms with Crippen molar-refractivity contribution in [1.29, 1.82) is 0 Å². The van der Waals surface area contributed by atoms with Crippen LogP contribution in [0.4, 0.5) is 11.6 Å². The first-order chi connectivity index (χ1) is 18.5. The van der Waals surface area contributed by atoms with E-state index in [1.54, 1.807) is 26.3 Å². The smallest absolute Gasteiger partial charge is 0.269 e. The van der Waals surface area contributed by atoms with Gasteiger partial charge in [-0.3, -0.25) is 14.7 Å². The average Bonchev–Trinajstić information content (AvgIpc) is 3.25. The minimum absolute atomic E-state index is 0.265. The van der Waals surface area contributed by atoms with Crippen molar-refractivity contribution in [2.45, 2.75) is 6.42 Å². The third-order valence-electron chi connectivity index (χ3n) is 6.59. The van der Waals surface area contributed by atoms with Gasteiger partial charge in [0.1, 0.15) is 11.4 Å². The molecule has 1 aliphatic heterocycles. The highest BCUT2D eigenvalue weighted by Gasteiger charge is 2.16. The highest BCUT2D eigenvalue weighted by Crippen LogP contribution is 2.36. The van der Waals surface area contributed by atoms with Crippen LogP contribution in [-0.4, -0.2) is 72.3 Å². The molecule has 1 aliphatic rings. The van der Waals surface area contributed by atoms with Gasteiger partial charge in [-0.1, -0.05) is 12.1 Å². The number of nitrogens with one attached hydrogen (secondary N) is 2. The lowest BCUT2D eigenvalue weighted by Crippen LogP contribution is -2.37. The van der Waals surface area contributed by atoms with Crippen molar-refractivity contribution in [2.75, 3.05) is 52.3 Å². The number of pyridine rings is 1. The second kappa shape index (κ2) is 11.5. The van der Waals surface area contributed by atoms with Crippen LogP contribution in [-0.2, 0) is 18.2 Å². The fraction of sp³-hybridized carbons (Fsp3) is 0.321. The number of methoxy groups -OCH3 is 1. The van der Waals surface area contributed by atoms with Crippen LogP contribution in [0, 0.1) is 0 Å². The Labute approximate surface area is 221 Å². The third-order valence-corrected chi connectivity index (χ3v) is 6.59. The molecule has 10 nitrogen and oxygen atoms in total. The van der Waals surface area contributed by atoms with Crippen LogP contribution in [0.5, 0.6) is 17.2 Å². The highest BCUT2D eigenvalue weighted by atomic mass is 16.5. The molecule has 3 heterocycles. The first-order valence-corrected chi connectivity index (χ1v) is 12.6. The maximum absolute atomic E-state index is 12.0. The zero-order valence-corrected chi connectivity index (χ0v) is 21.9. The number of hydrogen-bond acceptors (Lipinski definition) is 8. The molecule has 4 aromatic rings. The monoisotopic (exact) mass is 516 g/mol. The number of nitrogens with zero attached hydrogens (tertiary/aromatic N) is 4. The molecule has 0 unspecified atom stereocenters. The normalized spacial score (nSPS) is 13.9. The SMILES string of the molecule is CNC(=O)c1cc(Oc2cc3nc(Nc4cccc(CCN5CCOCC5)c4)n(C)c3cc2OC)ccn1. The fourth-order valence-electron chi connectivity index (χ4n) is 4.45. The predicted octanol–water partition coefficient (Wildman–Crippen LogP) is 3.75. The quantitative estimate of drug-likeness (QED) is 0.347. The second-order valence-electron chi connectivity index (χ2n) is 9.07. The lowest BCUT2D eigenvalue weighted by Gasteiger charge is -2.26. The van der Waals surface area contributed by atoms with E-state index in [1.165, 1.54) is 11.8 Å².